The summed E-state index contributed by atoms with van der Waals surface area (Å²) in [5, 5.41) is 8.95. The number of fused-ring (bicyclic) bond motifs is 1. The summed E-state index contributed by atoms with van der Waals surface area (Å²) in [4.78, 5) is 12.2. The maximum Gasteiger partial charge on any atom is 0.412 e. The third-order valence-electron chi connectivity index (χ3n) is 2.21. The minimum atomic E-state index is -0.930. The SMILES string of the molecule is Cc1ccc2c(c1)N(C(=O)O)CCO2. The normalized spacial score (nSPS) is 14.5. The molecule has 0 radical (unpaired) electrons. The number of benzene rings is 1. The summed E-state index contributed by atoms with van der Waals surface area (Å²) >= 11 is 0. The van der Waals surface area contributed by atoms with E-state index in [4.69, 9.17) is 9.84 Å². The van der Waals surface area contributed by atoms with Gasteiger partial charge in [-0.2, -0.15) is 0 Å². The summed E-state index contributed by atoms with van der Waals surface area (Å²) in [5.74, 6) is 0.643. The summed E-state index contributed by atoms with van der Waals surface area (Å²) in [6, 6.07) is 5.53. The smallest absolute Gasteiger partial charge is 0.412 e. The van der Waals surface area contributed by atoms with E-state index in [0.717, 1.165) is 5.56 Å². The first kappa shape index (κ1) is 8.87. The fourth-order valence-corrected chi connectivity index (χ4v) is 1.53. The monoisotopic (exact) mass is 193 g/mol. The number of aryl methyl sites for hydroxylation is 1. The first-order valence-corrected chi connectivity index (χ1v) is 4.42. The van der Waals surface area contributed by atoms with Crippen LogP contribution >= 0.6 is 0 Å². The molecule has 0 unspecified atom stereocenters. The molecule has 0 bridgehead atoms. The van der Waals surface area contributed by atoms with Gasteiger partial charge in [0.15, 0.2) is 0 Å². The molecule has 2 rings (SSSR count). The summed E-state index contributed by atoms with van der Waals surface area (Å²) in [7, 11) is 0. The van der Waals surface area contributed by atoms with Crippen molar-refractivity contribution in [1.29, 1.82) is 0 Å². The second kappa shape index (κ2) is 3.21. The Labute approximate surface area is 81.7 Å². The molecule has 0 spiro atoms. The number of anilines is 1. The Morgan fingerprint density at radius 1 is 1.57 bits per heavy atom. The number of hydrogen-bond acceptors (Lipinski definition) is 2. The zero-order valence-electron chi connectivity index (χ0n) is 7.86. The molecule has 4 nitrogen and oxygen atoms in total. The van der Waals surface area contributed by atoms with Crippen LogP contribution in [0.1, 0.15) is 5.56 Å². The van der Waals surface area contributed by atoms with Gasteiger partial charge in [0, 0.05) is 0 Å². The van der Waals surface area contributed by atoms with Gasteiger partial charge < -0.3 is 9.84 Å². The second-order valence-corrected chi connectivity index (χ2v) is 3.25. The number of ether oxygens (including phenoxy) is 1. The van der Waals surface area contributed by atoms with Gasteiger partial charge in [-0.3, -0.25) is 4.90 Å². The van der Waals surface area contributed by atoms with Crippen molar-refractivity contribution >= 4 is 11.8 Å². The van der Waals surface area contributed by atoms with E-state index in [2.05, 4.69) is 0 Å². The minimum Gasteiger partial charge on any atom is -0.490 e. The Morgan fingerprint density at radius 3 is 3.07 bits per heavy atom. The highest BCUT2D eigenvalue weighted by Gasteiger charge is 2.22. The molecular weight excluding hydrogens is 182 g/mol. The van der Waals surface area contributed by atoms with E-state index in [-0.39, 0.29) is 0 Å². The molecule has 1 aliphatic heterocycles. The van der Waals surface area contributed by atoms with Crippen LogP contribution in [-0.2, 0) is 0 Å². The highest BCUT2D eigenvalue weighted by Crippen LogP contribution is 2.32. The summed E-state index contributed by atoms with van der Waals surface area (Å²) < 4.78 is 5.35. The van der Waals surface area contributed by atoms with Gasteiger partial charge in [0.1, 0.15) is 12.4 Å². The molecule has 1 aromatic rings. The number of carboxylic acid groups (broad SMARTS) is 1. The number of nitrogens with zero attached hydrogens (tertiary/aromatic N) is 1. The third-order valence-corrected chi connectivity index (χ3v) is 2.21. The van der Waals surface area contributed by atoms with Crippen molar-refractivity contribution in [2.24, 2.45) is 0 Å². The predicted octanol–water partition coefficient (Wildman–Crippen LogP) is 1.87. The van der Waals surface area contributed by atoms with Crippen molar-refractivity contribution in [2.45, 2.75) is 6.92 Å². The van der Waals surface area contributed by atoms with Crippen LogP contribution in [0.4, 0.5) is 10.5 Å². The van der Waals surface area contributed by atoms with Gasteiger partial charge in [0.2, 0.25) is 0 Å². The molecule has 0 saturated heterocycles. The fraction of sp³-hybridized carbons (Fsp3) is 0.300. The van der Waals surface area contributed by atoms with Crippen molar-refractivity contribution in [3.8, 4) is 5.75 Å². The van der Waals surface area contributed by atoms with Gasteiger partial charge in [-0.05, 0) is 24.6 Å². The zero-order chi connectivity index (χ0) is 10.1. The fourth-order valence-electron chi connectivity index (χ4n) is 1.53. The molecule has 1 heterocycles. The van der Waals surface area contributed by atoms with Crippen LogP contribution in [0.15, 0.2) is 18.2 Å². The lowest BCUT2D eigenvalue weighted by Crippen LogP contribution is -2.36. The van der Waals surface area contributed by atoms with Gasteiger partial charge in [0.05, 0.1) is 12.2 Å². The summed E-state index contributed by atoms with van der Waals surface area (Å²) in [6.45, 7) is 2.74. The summed E-state index contributed by atoms with van der Waals surface area (Å²) in [5.41, 5.74) is 1.67. The van der Waals surface area contributed by atoms with Crippen LogP contribution in [0, 0.1) is 6.92 Å². The Balaban J connectivity index is 2.46. The molecule has 74 valence electrons. The molecule has 0 saturated carbocycles. The van der Waals surface area contributed by atoms with Crippen molar-refractivity contribution < 1.29 is 14.6 Å². The van der Waals surface area contributed by atoms with E-state index in [1.54, 1.807) is 6.07 Å². The molecule has 0 fully saturated rings. The lowest BCUT2D eigenvalue weighted by atomic mass is 10.2. The quantitative estimate of drug-likeness (QED) is 0.684. The first-order chi connectivity index (χ1) is 6.68. The topological polar surface area (TPSA) is 49.8 Å². The summed E-state index contributed by atoms with van der Waals surface area (Å²) in [6.07, 6.45) is -0.930. The molecule has 1 N–H and O–H groups in total. The van der Waals surface area contributed by atoms with E-state index in [0.29, 0.717) is 24.6 Å². The molecule has 1 aromatic carbocycles. The van der Waals surface area contributed by atoms with E-state index < -0.39 is 6.09 Å². The highest BCUT2D eigenvalue weighted by atomic mass is 16.5. The number of hydrogen-bond donors (Lipinski definition) is 1. The Kier molecular flexibility index (Phi) is 2.04. The van der Waals surface area contributed by atoms with Gasteiger partial charge in [-0.1, -0.05) is 6.07 Å². The first-order valence-electron chi connectivity index (χ1n) is 4.42. The van der Waals surface area contributed by atoms with E-state index in [1.807, 2.05) is 19.1 Å². The molecule has 0 aliphatic carbocycles. The van der Waals surface area contributed by atoms with Crippen molar-refractivity contribution in [2.75, 3.05) is 18.1 Å². The van der Waals surface area contributed by atoms with Gasteiger partial charge in [0.25, 0.3) is 0 Å². The number of amides is 1. The maximum absolute atomic E-state index is 10.9. The molecular formula is C10H11NO3. The molecule has 4 heteroatoms. The van der Waals surface area contributed by atoms with Crippen LogP contribution in [0.5, 0.6) is 5.75 Å². The maximum atomic E-state index is 10.9. The van der Waals surface area contributed by atoms with Crippen LogP contribution in [0.3, 0.4) is 0 Å². The largest absolute Gasteiger partial charge is 0.490 e. The van der Waals surface area contributed by atoms with E-state index >= 15 is 0 Å². The Hall–Kier alpha value is -1.71. The molecule has 1 amide bonds. The van der Waals surface area contributed by atoms with E-state index in [9.17, 15) is 4.79 Å². The lowest BCUT2D eigenvalue weighted by Gasteiger charge is -2.27. The minimum absolute atomic E-state index is 0.395. The van der Waals surface area contributed by atoms with Crippen LogP contribution < -0.4 is 9.64 Å². The zero-order valence-corrected chi connectivity index (χ0v) is 7.86. The molecule has 1 aliphatic rings. The third kappa shape index (κ3) is 1.39. The Bertz CT molecular complexity index is 376. The van der Waals surface area contributed by atoms with Gasteiger partial charge in [-0.25, -0.2) is 4.79 Å². The number of rotatable bonds is 0. The van der Waals surface area contributed by atoms with E-state index in [1.165, 1.54) is 4.90 Å². The molecule has 0 atom stereocenters. The van der Waals surface area contributed by atoms with Crippen molar-refractivity contribution in [3.63, 3.8) is 0 Å². The van der Waals surface area contributed by atoms with Crippen LogP contribution in [0.25, 0.3) is 0 Å². The van der Waals surface area contributed by atoms with Crippen molar-refractivity contribution in [1.82, 2.24) is 0 Å². The number of carbonyl (C=O) groups is 1. The van der Waals surface area contributed by atoms with Crippen LogP contribution in [0.2, 0.25) is 0 Å². The molecule has 0 aromatic heterocycles. The van der Waals surface area contributed by atoms with Gasteiger partial charge >= 0.3 is 6.09 Å². The second-order valence-electron chi connectivity index (χ2n) is 3.25. The average Bonchev–Trinajstić information content (AvgIpc) is 2.16. The van der Waals surface area contributed by atoms with Crippen LogP contribution in [-0.4, -0.2) is 24.4 Å². The molecule has 14 heavy (non-hydrogen) atoms. The Morgan fingerprint density at radius 2 is 2.36 bits per heavy atom. The average molecular weight is 193 g/mol. The highest BCUT2D eigenvalue weighted by molar-refractivity contribution is 5.88. The predicted molar refractivity (Wildman–Crippen MR) is 52.0 cm³/mol. The van der Waals surface area contributed by atoms with Crippen molar-refractivity contribution in [3.05, 3.63) is 23.8 Å². The lowest BCUT2D eigenvalue weighted by molar-refractivity contribution is 0.196. The standard InChI is InChI=1S/C10H11NO3/c1-7-2-3-9-8(6-7)11(10(12)13)4-5-14-9/h2-3,6H,4-5H2,1H3,(H,12,13). The van der Waals surface area contributed by atoms with Gasteiger partial charge in [-0.15, -0.1) is 0 Å².